The van der Waals surface area contributed by atoms with E-state index in [1.54, 1.807) is 24.3 Å². The Morgan fingerprint density at radius 1 is 0.972 bits per heavy atom. The number of rotatable bonds is 11. The molecule has 1 aliphatic heterocycles. The lowest BCUT2D eigenvalue weighted by Gasteiger charge is -2.37. The molecule has 3 aromatic carbocycles. The summed E-state index contributed by atoms with van der Waals surface area (Å²) in [6.45, 7) is 5.19. The van der Waals surface area contributed by atoms with E-state index in [0.29, 0.717) is 18.7 Å². The number of nitrogens with zero attached hydrogens (tertiary/aromatic N) is 2. The van der Waals surface area contributed by atoms with Crippen LogP contribution in [0.1, 0.15) is 42.1 Å². The molecule has 1 aliphatic rings. The molecular weight excluding hydrogens is 452 g/mol. The number of carbonyl (C=O) groups excluding carboxylic acids is 1. The molecule has 1 amide bonds. The highest BCUT2D eigenvalue weighted by atomic mass is 16.5. The number of aromatic hydroxyl groups is 1. The van der Waals surface area contributed by atoms with Gasteiger partial charge in [0, 0.05) is 13.1 Å². The first-order valence-corrected chi connectivity index (χ1v) is 12.7. The van der Waals surface area contributed by atoms with E-state index in [4.69, 9.17) is 4.74 Å². The number of likely N-dealkylation sites (tertiary alicyclic amines) is 1. The number of amides is 1. The van der Waals surface area contributed by atoms with Crippen LogP contribution in [0.2, 0.25) is 0 Å². The third-order valence-corrected chi connectivity index (χ3v) is 6.77. The van der Waals surface area contributed by atoms with E-state index in [0.717, 1.165) is 42.8 Å². The number of aliphatic hydroxyl groups excluding tert-OH is 1. The first-order chi connectivity index (χ1) is 17.5. The maximum absolute atomic E-state index is 13.7. The summed E-state index contributed by atoms with van der Waals surface area (Å²) in [5, 5.41) is 21.3. The fraction of sp³-hybridized carbons (Fsp3) is 0.367. The van der Waals surface area contributed by atoms with Crippen LogP contribution >= 0.6 is 0 Å². The van der Waals surface area contributed by atoms with Crippen LogP contribution in [0.3, 0.4) is 0 Å². The maximum Gasteiger partial charge on any atom is 0.226 e. The van der Waals surface area contributed by atoms with Crippen molar-refractivity contribution in [2.45, 2.75) is 44.9 Å². The Bertz CT molecular complexity index is 1080. The monoisotopic (exact) mass is 488 g/mol. The Labute approximate surface area is 213 Å². The number of phenols is 1. The van der Waals surface area contributed by atoms with Crippen molar-refractivity contribution < 1.29 is 19.7 Å². The van der Waals surface area contributed by atoms with Gasteiger partial charge in [-0.15, -0.1) is 0 Å². The molecule has 0 aromatic heterocycles. The van der Waals surface area contributed by atoms with Crippen molar-refractivity contribution in [3.8, 4) is 11.5 Å². The molecule has 2 unspecified atom stereocenters. The Balaban J connectivity index is 1.56. The van der Waals surface area contributed by atoms with Crippen molar-refractivity contribution >= 4 is 5.91 Å². The lowest BCUT2D eigenvalue weighted by atomic mass is 9.99. The molecule has 6 nitrogen and oxygen atoms in total. The Morgan fingerprint density at radius 2 is 1.64 bits per heavy atom. The summed E-state index contributed by atoms with van der Waals surface area (Å²) in [6, 6.07) is 23.8. The second-order valence-electron chi connectivity index (χ2n) is 9.53. The predicted octanol–water partition coefficient (Wildman–Crippen LogP) is 4.70. The van der Waals surface area contributed by atoms with E-state index < -0.39 is 12.1 Å². The van der Waals surface area contributed by atoms with Crippen LogP contribution in [0.15, 0.2) is 78.9 Å². The Hall–Kier alpha value is -3.35. The zero-order chi connectivity index (χ0) is 25.3. The van der Waals surface area contributed by atoms with Crippen LogP contribution in [-0.2, 0) is 11.3 Å². The third-order valence-electron chi connectivity index (χ3n) is 6.77. The summed E-state index contributed by atoms with van der Waals surface area (Å²) in [7, 11) is 0. The number of phenolic OH excluding ortho intramolecular Hbond substituents is 1. The fourth-order valence-electron chi connectivity index (χ4n) is 4.70. The second-order valence-corrected chi connectivity index (χ2v) is 9.53. The molecule has 0 bridgehead atoms. The number of ether oxygens (including phenoxy) is 1. The average molecular weight is 489 g/mol. The number of hydrogen-bond acceptors (Lipinski definition) is 5. The molecule has 3 aromatic rings. The number of hydrogen-bond donors (Lipinski definition) is 2. The summed E-state index contributed by atoms with van der Waals surface area (Å²) in [4.78, 5) is 17.8. The first-order valence-electron chi connectivity index (χ1n) is 12.7. The molecule has 4 rings (SSSR count). The molecule has 0 aliphatic carbocycles. The maximum atomic E-state index is 13.7. The summed E-state index contributed by atoms with van der Waals surface area (Å²) in [5.74, 6) is 0.821. The summed E-state index contributed by atoms with van der Waals surface area (Å²) >= 11 is 0. The highest BCUT2D eigenvalue weighted by molar-refractivity contribution is 5.77. The van der Waals surface area contributed by atoms with Crippen molar-refractivity contribution in [3.05, 3.63) is 95.6 Å². The van der Waals surface area contributed by atoms with Crippen molar-refractivity contribution in [3.63, 3.8) is 0 Å². The lowest BCUT2D eigenvalue weighted by Crippen LogP contribution is -2.49. The summed E-state index contributed by atoms with van der Waals surface area (Å²) in [6.07, 6.45) is 1.56. The number of carbonyl (C=O) groups is 1. The van der Waals surface area contributed by atoms with Crippen molar-refractivity contribution in [2.75, 3.05) is 26.2 Å². The van der Waals surface area contributed by atoms with Gasteiger partial charge in [0.05, 0.1) is 19.1 Å². The molecular formula is C30H36N2O4. The molecule has 1 saturated heterocycles. The van der Waals surface area contributed by atoms with Crippen LogP contribution in [0.4, 0.5) is 0 Å². The minimum Gasteiger partial charge on any atom is -0.508 e. The normalized spacial score (nSPS) is 15.4. The molecule has 6 heteroatoms. The zero-order valence-corrected chi connectivity index (χ0v) is 20.9. The predicted molar refractivity (Wildman–Crippen MR) is 141 cm³/mol. The van der Waals surface area contributed by atoms with E-state index in [1.807, 2.05) is 66.4 Å². The third kappa shape index (κ3) is 7.09. The van der Waals surface area contributed by atoms with Crippen LogP contribution in [0, 0.1) is 6.92 Å². The molecule has 36 heavy (non-hydrogen) atoms. The van der Waals surface area contributed by atoms with Crippen LogP contribution < -0.4 is 4.74 Å². The van der Waals surface area contributed by atoms with Crippen LogP contribution in [-0.4, -0.2) is 58.2 Å². The van der Waals surface area contributed by atoms with Gasteiger partial charge in [-0.05, 0) is 68.2 Å². The van der Waals surface area contributed by atoms with Crippen molar-refractivity contribution in [1.29, 1.82) is 0 Å². The van der Waals surface area contributed by atoms with Gasteiger partial charge in [0.1, 0.15) is 17.6 Å². The topological polar surface area (TPSA) is 73.2 Å². The van der Waals surface area contributed by atoms with E-state index in [1.165, 1.54) is 0 Å². The van der Waals surface area contributed by atoms with Crippen LogP contribution in [0.25, 0.3) is 0 Å². The Morgan fingerprint density at radius 3 is 2.31 bits per heavy atom. The molecule has 0 saturated carbocycles. The highest BCUT2D eigenvalue weighted by Crippen LogP contribution is 2.27. The second kappa shape index (κ2) is 12.6. The molecule has 0 spiro atoms. The largest absolute Gasteiger partial charge is 0.508 e. The minimum absolute atomic E-state index is 0.0620. The van der Waals surface area contributed by atoms with E-state index >= 15 is 0 Å². The van der Waals surface area contributed by atoms with Gasteiger partial charge in [-0.2, -0.15) is 0 Å². The standard InChI is InChI=1S/C30H36N2O4/c1-23-9-15-27(16-10-23)36-20-17-29(34)32(21-24-7-3-2-4-8-24)28(22-31-18-5-6-19-31)30(35)25-11-13-26(33)14-12-25/h2-4,7-16,28,30,33,35H,5-6,17-22H2,1H3. The molecule has 2 atom stereocenters. The van der Waals surface area contributed by atoms with Gasteiger partial charge < -0.3 is 24.7 Å². The molecule has 1 fully saturated rings. The highest BCUT2D eigenvalue weighted by Gasteiger charge is 2.33. The smallest absolute Gasteiger partial charge is 0.226 e. The van der Waals surface area contributed by atoms with Gasteiger partial charge in [-0.25, -0.2) is 0 Å². The quantitative estimate of drug-likeness (QED) is 0.409. The van der Waals surface area contributed by atoms with E-state index in [9.17, 15) is 15.0 Å². The van der Waals surface area contributed by atoms with Gasteiger partial charge in [0.25, 0.3) is 0 Å². The first kappa shape index (κ1) is 25.7. The minimum atomic E-state index is -0.892. The van der Waals surface area contributed by atoms with E-state index in [-0.39, 0.29) is 24.7 Å². The Kier molecular flexibility index (Phi) is 8.98. The van der Waals surface area contributed by atoms with Crippen molar-refractivity contribution in [2.24, 2.45) is 0 Å². The zero-order valence-electron chi connectivity index (χ0n) is 20.9. The molecule has 190 valence electrons. The molecule has 0 radical (unpaired) electrons. The van der Waals surface area contributed by atoms with Gasteiger partial charge in [0.15, 0.2) is 0 Å². The van der Waals surface area contributed by atoms with E-state index in [2.05, 4.69) is 4.90 Å². The summed E-state index contributed by atoms with van der Waals surface area (Å²) in [5.41, 5.74) is 2.84. The SMILES string of the molecule is Cc1ccc(OCCC(=O)N(Cc2ccccc2)C(CN2CCCC2)C(O)c2ccc(O)cc2)cc1. The lowest BCUT2D eigenvalue weighted by molar-refractivity contribution is -0.138. The van der Waals surface area contributed by atoms with Crippen LogP contribution in [0.5, 0.6) is 11.5 Å². The van der Waals surface area contributed by atoms with Gasteiger partial charge in [-0.3, -0.25) is 4.79 Å². The average Bonchev–Trinajstić information content (AvgIpc) is 3.41. The summed E-state index contributed by atoms with van der Waals surface area (Å²) < 4.78 is 5.86. The van der Waals surface area contributed by atoms with Crippen molar-refractivity contribution in [1.82, 2.24) is 9.80 Å². The molecule has 2 N–H and O–H groups in total. The molecule has 1 heterocycles. The number of benzene rings is 3. The van der Waals surface area contributed by atoms with Gasteiger partial charge >= 0.3 is 0 Å². The fourth-order valence-corrected chi connectivity index (χ4v) is 4.70. The number of aliphatic hydroxyl groups is 1. The van der Waals surface area contributed by atoms with Gasteiger partial charge in [0.2, 0.25) is 5.91 Å². The number of aryl methyl sites for hydroxylation is 1. The van der Waals surface area contributed by atoms with Gasteiger partial charge in [-0.1, -0.05) is 60.2 Å².